The van der Waals surface area contributed by atoms with E-state index in [1.807, 2.05) is 16.9 Å². The second-order valence-corrected chi connectivity index (χ2v) is 4.99. The molecule has 1 aliphatic heterocycles. The lowest BCUT2D eigenvalue weighted by Crippen LogP contribution is -2.42. The fourth-order valence-electron chi connectivity index (χ4n) is 2.46. The normalized spacial score (nSPS) is 19.5. The van der Waals surface area contributed by atoms with Gasteiger partial charge in [0.05, 0.1) is 18.9 Å². The number of hydrogen-bond acceptors (Lipinski definition) is 3. The monoisotopic (exact) mass is 257 g/mol. The van der Waals surface area contributed by atoms with Crippen LogP contribution in [0.15, 0.2) is 36.7 Å². The Kier molecular flexibility index (Phi) is 3.62. The van der Waals surface area contributed by atoms with Crippen molar-refractivity contribution in [3.63, 3.8) is 0 Å². The molecular formula is C15H19N3O. The molecule has 1 atom stereocenters. The lowest BCUT2D eigenvalue weighted by atomic mass is 10.00. The fourth-order valence-corrected chi connectivity index (χ4v) is 2.46. The lowest BCUT2D eigenvalue weighted by molar-refractivity contribution is 0.0770. The van der Waals surface area contributed by atoms with Crippen LogP contribution in [0.1, 0.15) is 11.1 Å². The molecule has 0 radical (unpaired) electrons. The highest BCUT2D eigenvalue weighted by molar-refractivity contribution is 5.40. The van der Waals surface area contributed by atoms with Crippen LogP contribution in [0.5, 0.6) is 0 Å². The molecule has 1 unspecified atom stereocenters. The summed E-state index contributed by atoms with van der Waals surface area (Å²) in [6.07, 6.45) is 4.77. The third-order valence-corrected chi connectivity index (χ3v) is 3.57. The van der Waals surface area contributed by atoms with Crippen LogP contribution >= 0.6 is 0 Å². The molecule has 4 nitrogen and oxygen atoms in total. The molecule has 0 aliphatic carbocycles. The van der Waals surface area contributed by atoms with Crippen molar-refractivity contribution >= 4 is 0 Å². The number of aryl methyl sites for hydroxylation is 1. The molecule has 1 fully saturated rings. The number of nitrogens with one attached hydrogen (secondary N) is 1. The van der Waals surface area contributed by atoms with Crippen molar-refractivity contribution in [3.05, 3.63) is 47.8 Å². The van der Waals surface area contributed by atoms with Gasteiger partial charge in [-0.2, -0.15) is 5.10 Å². The molecule has 100 valence electrons. The molecule has 1 aromatic carbocycles. The maximum atomic E-state index is 5.52. The number of nitrogens with zero attached hydrogens (tertiary/aromatic N) is 2. The van der Waals surface area contributed by atoms with Gasteiger partial charge < -0.3 is 10.1 Å². The zero-order valence-corrected chi connectivity index (χ0v) is 11.2. The summed E-state index contributed by atoms with van der Waals surface area (Å²) in [5.41, 5.74) is 3.79. The molecule has 0 bridgehead atoms. The van der Waals surface area contributed by atoms with E-state index >= 15 is 0 Å². The summed E-state index contributed by atoms with van der Waals surface area (Å²) < 4.78 is 7.41. The summed E-state index contributed by atoms with van der Waals surface area (Å²) in [5.74, 6) is 0. The van der Waals surface area contributed by atoms with E-state index in [2.05, 4.69) is 35.5 Å². The maximum absolute atomic E-state index is 5.52. The van der Waals surface area contributed by atoms with E-state index in [0.717, 1.165) is 31.9 Å². The minimum Gasteiger partial charge on any atom is -0.379 e. The zero-order valence-electron chi connectivity index (χ0n) is 11.2. The minimum atomic E-state index is 0.417. The largest absolute Gasteiger partial charge is 0.379 e. The highest BCUT2D eigenvalue weighted by Gasteiger charge is 2.15. The van der Waals surface area contributed by atoms with Gasteiger partial charge in [-0.05, 0) is 42.7 Å². The summed E-state index contributed by atoms with van der Waals surface area (Å²) in [7, 11) is 0. The number of morpholine rings is 1. The maximum Gasteiger partial charge on any atom is 0.0648 e. The molecule has 1 aliphatic rings. The third kappa shape index (κ3) is 2.85. The molecule has 0 amide bonds. The highest BCUT2D eigenvalue weighted by Crippen LogP contribution is 2.16. The van der Waals surface area contributed by atoms with Gasteiger partial charge in [-0.25, -0.2) is 4.68 Å². The van der Waals surface area contributed by atoms with E-state index in [-0.39, 0.29) is 0 Å². The quantitative estimate of drug-likeness (QED) is 0.910. The highest BCUT2D eigenvalue weighted by atomic mass is 16.5. The Morgan fingerprint density at radius 2 is 2.42 bits per heavy atom. The number of hydrogen-bond donors (Lipinski definition) is 1. The Hall–Kier alpha value is -1.65. The van der Waals surface area contributed by atoms with Crippen LogP contribution in [0.2, 0.25) is 0 Å². The molecule has 19 heavy (non-hydrogen) atoms. The molecule has 1 N–H and O–H groups in total. The van der Waals surface area contributed by atoms with E-state index in [9.17, 15) is 0 Å². The molecule has 1 aromatic heterocycles. The van der Waals surface area contributed by atoms with Crippen molar-refractivity contribution in [1.29, 1.82) is 0 Å². The first kappa shape index (κ1) is 12.4. The van der Waals surface area contributed by atoms with Gasteiger partial charge in [0.15, 0.2) is 0 Å². The molecule has 4 heteroatoms. The van der Waals surface area contributed by atoms with Crippen molar-refractivity contribution in [3.8, 4) is 5.69 Å². The second-order valence-electron chi connectivity index (χ2n) is 4.99. The van der Waals surface area contributed by atoms with Gasteiger partial charge in [-0.1, -0.05) is 6.07 Å². The second kappa shape index (κ2) is 5.55. The summed E-state index contributed by atoms with van der Waals surface area (Å²) >= 11 is 0. The van der Waals surface area contributed by atoms with Crippen LogP contribution in [0.3, 0.4) is 0 Å². The first-order valence-corrected chi connectivity index (χ1v) is 6.73. The minimum absolute atomic E-state index is 0.417. The topological polar surface area (TPSA) is 39.1 Å². The summed E-state index contributed by atoms with van der Waals surface area (Å²) in [6.45, 7) is 4.72. The average molecular weight is 257 g/mol. The SMILES string of the molecule is Cc1ccc(-n2cccn2)cc1CC1COCCN1. The molecule has 0 spiro atoms. The van der Waals surface area contributed by atoms with Gasteiger partial charge in [0.1, 0.15) is 0 Å². The Labute approximate surface area is 113 Å². The molecule has 1 saturated heterocycles. The Balaban J connectivity index is 1.81. The van der Waals surface area contributed by atoms with Crippen LogP contribution < -0.4 is 5.32 Å². The van der Waals surface area contributed by atoms with Crippen LogP contribution in [-0.2, 0) is 11.2 Å². The summed E-state index contributed by atoms with van der Waals surface area (Å²) in [4.78, 5) is 0. The van der Waals surface area contributed by atoms with Crippen LogP contribution in [-0.4, -0.2) is 35.6 Å². The van der Waals surface area contributed by atoms with E-state index in [1.54, 1.807) is 6.20 Å². The molecular weight excluding hydrogens is 238 g/mol. The predicted octanol–water partition coefficient (Wildman–Crippen LogP) is 1.71. The van der Waals surface area contributed by atoms with Gasteiger partial charge in [-0.3, -0.25) is 0 Å². The van der Waals surface area contributed by atoms with Crippen molar-refractivity contribution in [1.82, 2.24) is 15.1 Å². The number of aromatic nitrogens is 2. The predicted molar refractivity (Wildman–Crippen MR) is 74.6 cm³/mol. The molecule has 2 aromatic rings. The Bertz CT molecular complexity index is 530. The van der Waals surface area contributed by atoms with Crippen LogP contribution in [0.4, 0.5) is 0 Å². The van der Waals surface area contributed by atoms with Crippen LogP contribution in [0.25, 0.3) is 5.69 Å². The Morgan fingerprint density at radius 1 is 1.47 bits per heavy atom. The van der Waals surface area contributed by atoms with Gasteiger partial charge in [-0.15, -0.1) is 0 Å². The van der Waals surface area contributed by atoms with E-state index in [4.69, 9.17) is 4.74 Å². The smallest absolute Gasteiger partial charge is 0.0648 e. The summed E-state index contributed by atoms with van der Waals surface area (Å²) in [6, 6.07) is 8.85. The molecule has 3 rings (SSSR count). The van der Waals surface area contributed by atoms with E-state index in [1.165, 1.54) is 11.1 Å². The van der Waals surface area contributed by atoms with E-state index < -0.39 is 0 Å². The van der Waals surface area contributed by atoms with Crippen molar-refractivity contribution in [2.45, 2.75) is 19.4 Å². The first-order valence-electron chi connectivity index (χ1n) is 6.73. The fraction of sp³-hybridized carbons (Fsp3) is 0.400. The third-order valence-electron chi connectivity index (χ3n) is 3.57. The Morgan fingerprint density at radius 3 is 3.16 bits per heavy atom. The van der Waals surface area contributed by atoms with Gasteiger partial charge in [0.25, 0.3) is 0 Å². The van der Waals surface area contributed by atoms with Crippen molar-refractivity contribution in [2.24, 2.45) is 0 Å². The average Bonchev–Trinajstić information content (AvgIpc) is 2.96. The molecule has 0 saturated carbocycles. The van der Waals surface area contributed by atoms with Crippen molar-refractivity contribution in [2.75, 3.05) is 19.8 Å². The van der Waals surface area contributed by atoms with Crippen molar-refractivity contribution < 1.29 is 4.74 Å². The lowest BCUT2D eigenvalue weighted by Gasteiger charge is -2.24. The van der Waals surface area contributed by atoms with Gasteiger partial charge in [0.2, 0.25) is 0 Å². The van der Waals surface area contributed by atoms with Gasteiger partial charge in [0, 0.05) is 25.0 Å². The van der Waals surface area contributed by atoms with Crippen LogP contribution in [0, 0.1) is 6.92 Å². The number of rotatable bonds is 3. The van der Waals surface area contributed by atoms with Gasteiger partial charge >= 0.3 is 0 Å². The molecule has 2 heterocycles. The number of benzene rings is 1. The summed E-state index contributed by atoms with van der Waals surface area (Å²) in [5, 5.41) is 7.78. The number of ether oxygens (including phenoxy) is 1. The standard InChI is InChI=1S/C15H19N3O/c1-12-3-4-15(18-7-2-5-17-18)10-13(12)9-14-11-19-8-6-16-14/h2-5,7,10,14,16H,6,8-9,11H2,1H3. The zero-order chi connectivity index (χ0) is 13.1. The first-order chi connectivity index (χ1) is 9.33. The van der Waals surface area contributed by atoms with E-state index in [0.29, 0.717) is 6.04 Å².